The third kappa shape index (κ3) is 11.9. The Balaban J connectivity index is 1.36. The summed E-state index contributed by atoms with van der Waals surface area (Å²) in [5.74, 6) is 0.880. The molecule has 3 rings (SSSR count). The molecule has 7 heteroatoms. The van der Waals surface area contributed by atoms with E-state index in [-0.39, 0.29) is 12.5 Å². The highest BCUT2D eigenvalue weighted by atomic mass is 35.5. The number of aryl methyl sites for hydroxylation is 1. The number of benzene rings is 2. The number of amides is 1. The normalized spacial score (nSPS) is 11.0. The van der Waals surface area contributed by atoms with Crippen molar-refractivity contribution >= 4 is 34.5 Å². The van der Waals surface area contributed by atoms with Gasteiger partial charge in [-0.2, -0.15) is 4.57 Å². The van der Waals surface area contributed by atoms with Crippen LogP contribution in [-0.4, -0.2) is 19.1 Å². The average Bonchev–Trinajstić information content (AvgIpc) is 3.35. The van der Waals surface area contributed by atoms with Gasteiger partial charge >= 0.3 is 0 Å². The van der Waals surface area contributed by atoms with Crippen molar-refractivity contribution in [2.24, 2.45) is 0 Å². The van der Waals surface area contributed by atoms with E-state index < -0.39 is 0 Å². The number of halogens is 1. The number of hydrogen-bond acceptors (Lipinski definition) is 4. The zero-order valence-corrected chi connectivity index (χ0v) is 25.8. The zero-order valence-electron chi connectivity index (χ0n) is 24.3. The van der Waals surface area contributed by atoms with Crippen LogP contribution in [0.5, 0.6) is 11.5 Å². The fraction of sp³-hybridized carbons (Fsp3) is 0.515. The Labute approximate surface area is 249 Å². The highest BCUT2D eigenvalue weighted by molar-refractivity contribution is 7.09. The Hall–Kier alpha value is -2.57. The molecule has 2 aromatic carbocycles. The fourth-order valence-electron chi connectivity index (χ4n) is 4.67. The van der Waals surface area contributed by atoms with E-state index in [1.807, 2.05) is 24.3 Å². The molecule has 0 saturated heterocycles. The van der Waals surface area contributed by atoms with Crippen molar-refractivity contribution in [1.29, 1.82) is 0 Å². The van der Waals surface area contributed by atoms with Crippen LogP contribution in [0.25, 0.3) is 0 Å². The van der Waals surface area contributed by atoms with Gasteiger partial charge in [0.1, 0.15) is 0 Å². The number of para-hydroxylation sites is 1. The van der Waals surface area contributed by atoms with E-state index in [9.17, 15) is 4.79 Å². The van der Waals surface area contributed by atoms with Crippen molar-refractivity contribution in [3.8, 4) is 11.5 Å². The Morgan fingerprint density at radius 2 is 1.55 bits per heavy atom. The van der Waals surface area contributed by atoms with Crippen LogP contribution in [0, 0.1) is 6.92 Å². The quantitative estimate of drug-likeness (QED) is 0.106. The van der Waals surface area contributed by atoms with Gasteiger partial charge in [0, 0.05) is 23.6 Å². The molecular formula is C33H46ClN2O3S+. The lowest BCUT2D eigenvalue weighted by Gasteiger charge is -2.14. The third-order valence-electron chi connectivity index (χ3n) is 7.04. The van der Waals surface area contributed by atoms with Gasteiger partial charge in [-0.1, -0.05) is 119 Å². The van der Waals surface area contributed by atoms with Crippen molar-refractivity contribution in [1.82, 2.24) is 0 Å². The number of aromatic nitrogens is 1. The second kappa shape index (κ2) is 18.7. The first kappa shape index (κ1) is 32.0. The smallest absolute Gasteiger partial charge is 0.262 e. The number of anilines is 1. The van der Waals surface area contributed by atoms with Crippen LogP contribution in [0.15, 0.2) is 54.0 Å². The molecule has 0 fully saturated rings. The van der Waals surface area contributed by atoms with E-state index in [0.717, 1.165) is 24.1 Å². The molecule has 0 aliphatic carbocycles. The van der Waals surface area contributed by atoms with Crippen molar-refractivity contribution < 1.29 is 18.8 Å². The Morgan fingerprint density at radius 3 is 2.23 bits per heavy atom. The van der Waals surface area contributed by atoms with E-state index >= 15 is 0 Å². The first-order valence-corrected chi connectivity index (χ1v) is 16.2. The van der Waals surface area contributed by atoms with E-state index in [1.165, 1.54) is 69.2 Å². The molecular weight excluding hydrogens is 540 g/mol. The first-order valence-electron chi connectivity index (χ1n) is 14.9. The number of nitrogens with zero attached hydrogens (tertiary/aromatic N) is 1. The molecule has 0 aliphatic rings. The number of hydrogen-bond donors (Lipinski definition) is 1. The summed E-state index contributed by atoms with van der Waals surface area (Å²) in [6.07, 6.45) is 17.7. The Morgan fingerprint density at radius 1 is 0.875 bits per heavy atom. The minimum atomic E-state index is -0.221. The largest absolute Gasteiger partial charge is 0.490 e. The highest BCUT2D eigenvalue weighted by Crippen LogP contribution is 2.31. The van der Waals surface area contributed by atoms with Crippen molar-refractivity contribution in [2.45, 2.75) is 97.4 Å². The van der Waals surface area contributed by atoms with Crippen LogP contribution in [0.1, 0.15) is 94.5 Å². The Bertz CT molecular complexity index is 1150. The summed E-state index contributed by atoms with van der Waals surface area (Å²) in [6.45, 7) is 5.54. The SMILES string of the molecule is CCCCCCCCCCCCCCOc1cc(Cl)ccc1OCC(=O)Nc1ccccc1C[n+]1ccsc1C. The highest BCUT2D eigenvalue weighted by Gasteiger charge is 2.14. The molecule has 0 radical (unpaired) electrons. The van der Waals surface area contributed by atoms with Gasteiger partial charge in [0.05, 0.1) is 17.7 Å². The minimum absolute atomic E-state index is 0.116. The molecule has 0 saturated carbocycles. The van der Waals surface area contributed by atoms with Crippen LogP contribution in [-0.2, 0) is 11.3 Å². The molecule has 5 nitrogen and oxygen atoms in total. The molecule has 0 aliphatic heterocycles. The van der Waals surface area contributed by atoms with Crippen molar-refractivity contribution in [3.63, 3.8) is 0 Å². The molecule has 1 amide bonds. The molecule has 40 heavy (non-hydrogen) atoms. The number of carbonyl (C=O) groups excluding carboxylic acids is 1. The fourth-order valence-corrected chi connectivity index (χ4v) is 5.50. The van der Waals surface area contributed by atoms with Crippen LogP contribution >= 0.6 is 22.9 Å². The lowest BCUT2D eigenvalue weighted by atomic mass is 10.1. The summed E-state index contributed by atoms with van der Waals surface area (Å²) in [4.78, 5) is 12.8. The van der Waals surface area contributed by atoms with Gasteiger partial charge in [-0.15, -0.1) is 0 Å². The topological polar surface area (TPSA) is 51.4 Å². The van der Waals surface area contributed by atoms with Crippen LogP contribution < -0.4 is 19.4 Å². The predicted octanol–water partition coefficient (Wildman–Crippen LogP) is 9.14. The summed E-state index contributed by atoms with van der Waals surface area (Å²) in [5, 5.41) is 6.85. The van der Waals surface area contributed by atoms with E-state index in [1.54, 1.807) is 29.5 Å². The average molecular weight is 586 g/mol. The zero-order chi connectivity index (χ0) is 28.4. The lowest BCUT2D eigenvalue weighted by Crippen LogP contribution is -2.34. The van der Waals surface area contributed by atoms with Gasteiger partial charge in [0.25, 0.3) is 5.91 Å². The summed E-state index contributed by atoms with van der Waals surface area (Å²) < 4.78 is 14.0. The van der Waals surface area contributed by atoms with E-state index in [0.29, 0.717) is 29.7 Å². The monoisotopic (exact) mass is 585 g/mol. The second-order valence-electron chi connectivity index (χ2n) is 10.4. The maximum absolute atomic E-state index is 12.8. The molecule has 1 aromatic heterocycles. The molecule has 1 N–H and O–H groups in total. The predicted molar refractivity (Wildman–Crippen MR) is 167 cm³/mol. The van der Waals surface area contributed by atoms with E-state index in [2.05, 4.69) is 35.3 Å². The molecule has 0 spiro atoms. The van der Waals surface area contributed by atoms with Gasteiger partial charge < -0.3 is 14.8 Å². The lowest BCUT2D eigenvalue weighted by molar-refractivity contribution is -0.689. The van der Waals surface area contributed by atoms with Crippen molar-refractivity contribution in [3.05, 3.63) is 69.6 Å². The van der Waals surface area contributed by atoms with Gasteiger partial charge in [0.15, 0.2) is 30.8 Å². The van der Waals surface area contributed by atoms with Crippen LogP contribution in [0.4, 0.5) is 5.69 Å². The molecule has 0 atom stereocenters. The Kier molecular flexibility index (Phi) is 15.0. The molecule has 218 valence electrons. The number of ether oxygens (including phenoxy) is 2. The second-order valence-corrected chi connectivity index (χ2v) is 11.9. The van der Waals surface area contributed by atoms with Crippen LogP contribution in [0.3, 0.4) is 0 Å². The number of thiazole rings is 1. The summed E-state index contributed by atoms with van der Waals surface area (Å²) in [7, 11) is 0. The molecule has 0 unspecified atom stereocenters. The summed E-state index contributed by atoms with van der Waals surface area (Å²) in [5.41, 5.74) is 1.83. The molecule has 1 heterocycles. The van der Waals surface area contributed by atoms with Gasteiger partial charge in [-0.05, 0) is 24.6 Å². The minimum Gasteiger partial charge on any atom is -0.490 e. The molecule has 3 aromatic rings. The van der Waals surface area contributed by atoms with Crippen molar-refractivity contribution in [2.75, 3.05) is 18.5 Å². The maximum Gasteiger partial charge on any atom is 0.262 e. The van der Waals surface area contributed by atoms with Gasteiger partial charge in [0.2, 0.25) is 5.01 Å². The number of rotatable bonds is 20. The van der Waals surface area contributed by atoms with Crippen LogP contribution in [0.2, 0.25) is 5.02 Å². The third-order valence-corrected chi connectivity index (χ3v) is 8.10. The number of carbonyl (C=O) groups is 1. The van der Waals surface area contributed by atoms with Gasteiger partial charge in [-0.25, -0.2) is 0 Å². The standard InChI is InChI=1S/C33H45ClN2O3S/c1-3-4-5-6-7-8-9-10-11-12-13-16-22-38-32-24-29(34)19-20-31(32)39-26-33(37)35-30-18-15-14-17-28(30)25-36-21-23-40-27(36)2/h14-15,17-21,23-24H,3-13,16,22,25-26H2,1-2H3/p+1. The van der Waals surface area contributed by atoms with E-state index in [4.69, 9.17) is 21.1 Å². The number of unbranched alkanes of at least 4 members (excludes halogenated alkanes) is 11. The first-order chi connectivity index (χ1) is 19.6. The number of nitrogens with one attached hydrogen (secondary N) is 1. The van der Waals surface area contributed by atoms with Gasteiger partial charge in [-0.3, -0.25) is 4.79 Å². The summed E-state index contributed by atoms with van der Waals surface area (Å²) in [6, 6.07) is 13.1. The maximum atomic E-state index is 12.8. The summed E-state index contributed by atoms with van der Waals surface area (Å²) >= 11 is 7.92. The molecule has 0 bridgehead atoms.